The van der Waals surface area contributed by atoms with Gasteiger partial charge in [0, 0.05) is 5.56 Å². The summed E-state index contributed by atoms with van der Waals surface area (Å²) in [6.45, 7) is 3.26. The Bertz CT molecular complexity index is 675. The molecule has 6 nitrogen and oxygen atoms in total. The summed E-state index contributed by atoms with van der Waals surface area (Å²) in [6, 6.07) is 1.92. The Kier molecular flexibility index (Phi) is 2.77. The third-order valence-electron chi connectivity index (χ3n) is 2.48. The van der Waals surface area contributed by atoms with Gasteiger partial charge in [0.25, 0.3) is 5.56 Å². The first-order chi connectivity index (χ1) is 8.22. The van der Waals surface area contributed by atoms with E-state index in [0.29, 0.717) is 23.3 Å². The molecule has 0 aliphatic heterocycles. The van der Waals surface area contributed by atoms with Gasteiger partial charge in [-0.05, 0) is 6.42 Å². The third kappa shape index (κ3) is 1.62. The summed E-state index contributed by atoms with van der Waals surface area (Å²) in [5.41, 5.74) is 1.02. The third-order valence-corrected chi connectivity index (χ3v) is 2.48. The van der Waals surface area contributed by atoms with Gasteiger partial charge in [0.2, 0.25) is 0 Å². The zero-order valence-electron chi connectivity index (χ0n) is 8.97. The standard InChI is InChI=1S/C11H10N4O2/c1-2-3-8-9(6-16)14-10-7(4-12)5-13-15(10)11(8)17/h2,5,14,16H,1,3,6H2. The molecule has 6 heteroatoms. The van der Waals surface area contributed by atoms with E-state index in [1.54, 1.807) is 6.08 Å². The highest BCUT2D eigenvalue weighted by Gasteiger charge is 2.13. The molecular weight excluding hydrogens is 220 g/mol. The van der Waals surface area contributed by atoms with Crippen LogP contribution in [0.15, 0.2) is 23.6 Å². The average molecular weight is 230 g/mol. The Balaban J connectivity index is 2.85. The summed E-state index contributed by atoms with van der Waals surface area (Å²) < 4.78 is 1.12. The number of hydrogen-bond donors (Lipinski definition) is 2. The molecule has 17 heavy (non-hydrogen) atoms. The number of aromatic nitrogens is 3. The molecule has 0 spiro atoms. The molecule has 0 unspecified atom stereocenters. The van der Waals surface area contributed by atoms with Gasteiger partial charge in [-0.25, -0.2) is 0 Å². The fraction of sp³-hybridized carbons (Fsp3) is 0.182. The van der Waals surface area contributed by atoms with Crippen molar-refractivity contribution in [1.82, 2.24) is 14.6 Å². The normalized spacial score (nSPS) is 10.4. The summed E-state index contributed by atoms with van der Waals surface area (Å²) in [6.07, 6.45) is 3.22. The summed E-state index contributed by atoms with van der Waals surface area (Å²) in [5, 5.41) is 21.9. The van der Waals surface area contributed by atoms with Gasteiger partial charge in [-0.1, -0.05) is 6.08 Å². The van der Waals surface area contributed by atoms with Gasteiger partial charge in [0.05, 0.1) is 18.5 Å². The number of aliphatic hydroxyl groups excluding tert-OH is 1. The van der Waals surface area contributed by atoms with E-state index in [2.05, 4.69) is 16.7 Å². The molecule has 0 saturated heterocycles. The van der Waals surface area contributed by atoms with Gasteiger partial charge in [-0.2, -0.15) is 14.9 Å². The lowest BCUT2D eigenvalue weighted by atomic mass is 10.1. The van der Waals surface area contributed by atoms with E-state index in [0.717, 1.165) is 4.52 Å². The first-order valence-electron chi connectivity index (χ1n) is 4.96. The Labute approximate surface area is 96.4 Å². The van der Waals surface area contributed by atoms with Crippen molar-refractivity contribution in [3.05, 3.63) is 46.0 Å². The maximum atomic E-state index is 12.0. The lowest BCUT2D eigenvalue weighted by Crippen LogP contribution is -2.22. The summed E-state index contributed by atoms with van der Waals surface area (Å²) in [7, 11) is 0. The van der Waals surface area contributed by atoms with Gasteiger partial charge in [-0.3, -0.25) is 4.79 Å². The van der Waals surface area contributed by atoms with Gasteiger partial charge < -0.3 is 10.1 Å². The second-order valence-corrected chi connectivity index (χ2v) is 3.47. The molecule has 2 aromatic rings. The number of hydrogen-bond acceptors (Lipinski definition) is 4. The molecule has 0 aliphatic rings. The number of rotatable bonds is 3. The average Bonchev–Trinajstić information content (AvgIpc) is 2.75. The maximum absolute atomic E-state index is 12.0. The van der Waals surface area contributed by atoms with Crippen molar-refractivity contribution in [2.24, 2.45) is 0 Å². The van der Waals surface area contributed by atoms with E-state index in [1.807, 2.05) is 6.07 Å². The largest absolute Gasteiger partial charge is 0.390 e. The van der Waals surface area contributed by atoms with Gasteiger partial charge >= 0.3 is 0 Å². The predicted octanol–water partition coefficient (Wildman–Crippen LogP) is 0.115. The Morgan fingerprint density at radius 1 is 1.71 bits per heavy atom. The SMILES string of the molecule is C=CCc1c(CO)[nH]c2c(C#N)cnn2c1=O. The van der Waals surface area contributed by atoms with Crippen LogP contribution in [0.3, 0.4) is 0 Å². The Morgan fingerprint density at radius 2 is 2.47 bits per heavy atom. The van der Waals surface area contributed by atoms with Crippen LogP contribution in [0.2, 0.25) is 0 Å². The van der Waals surface area contributed by atoms with Gasteiger partial charge in [-0.15, -0.1) is 6.58 Å². The maximum Gasteiger partial charge on any atom is 0.278 e. The molecule has 0 aromatic carbocycles. The predicted molar refractivity (Wildman–Crippen MR) is 60.4 cm³/mol. The minimum absolute atomic E-state index is 0.266. The number of nitriles is 1. The van der Waals surface area contributed by atoms with Crippen molar-refractivity contribution in [3.63, 3.8) is 0 Å². The van der Waals surface area contributed by atoms with Crippen LogP contribution in [0.25, 0.3) is 5.65 Å². The van der Waals surface area contributed by atoms with Crippen LogP contribution in [0.4, 0.5) is 0 Å². The van der Waals surface area contributed by atoms with Crippen LogP contribution < -0.4 is 5.56 Å². The zero-order chi connectivity index (χ0) is 12.4. The van der Waals surface area contributed by atoms with E-state index in [1.165, 1.54) is 6.20 Å². The quantitative estimate of drug-likeness (QED) is 0.732. The molecule has 0 aliphatic carbocycles. The lowest BCUT2D eigenvalue weighted by Gasteiger charge is -2.05. The van der Waals surface area contributed by atoms with E-state index < -0.39 is 0 Å². The topological polar surface area (TPSA) is 94.2 Å². The Hall–Kier alpha value is -2.39. The van der Waals surface area contributed by atoms with Crippen molar-refractivity contribution >= 4 is 5.65 Å². The van der Waals surface area contributed by atoms with Crippen LogP contribution >= 0.6 is 0 Å². The number of aliphatic hydroxyl groups is 1. The number of aromatic amines is 1. The number of nitrogens with one attached hydrogen (secondary N) is 1. The number of nitrogens with zero attached hydrogens (tertiary/aromatic N) is 3. The molecule has 2 rings (SSSR count). The summed E-state index contributed by atoms with van der Waals surface area (Å²) in [4.78, 5) is 14.9. The summed E-state index contributed by atoms with van der Waals surface area (Å²) >= 11 is 0. The minimum atomic E-state index is -0.343. The van der Waals surface area contributed by atoms with E-state index >= 15 is 0 Å². The highest BCUT2D eigenvalue weighted by Crippen LogP contribution is 2.09. The molecule has 0 saturated carbocycles. The van der Waals surface area contributed by atoms with E-state index in [-0.39, 0.29) is 17.7 Å². The smallest absolute Gasteiger partial charge is 0.278 e. The number of allylic oxidation sites excluding steroid dienone is 1. The molecular formula is C11H10N4O2. The molecule has 0 amide bonds. The molecule has 2 aromatic heterocycles. The molecule has 0 fully saturated rings. The minimum Gasteiger partial charge on any atom is -0.390 e. The van der Waals surface area contributed by atoms with Crippen molar-refractivity contribution in [2.75, 3.05) is 0 Å². The van der Waals surface area contributed by atoms with E-state index in [4.69, 9.17) is 5.26 Å². The van der Waals surface area contributed by atoms with Crippen LogP contribution in [0, 0.1) is 11.3 Å². The second-order valence-electron chi connectivity index (χ2n) is 3.47. The molecule has 86 valence electrons. The second kappa shape index (κ2) is 4.23. The number of H-pyrrole nitrogens is 1. The molecule has 2 N–H and O–H groups in total. The molecule has 0 bridgehead atoms. The Morgan fingerprint density at radius 3 is 3.06 bits per heavy atom. The highest BCUT2D eigenvalue weighted by molar-refractivity contribution is 5.54. The zero-order valence-corrected chi connectivity index (χ0v) is 8.97. The van der Waals surface area contributed by atoms with Crippen LogP contribution in [-0.2, 0) is 13.0 Å². The summed E-state index contributed by atoms with van der Waals surface area (Å²) in [5.74, 6) is 0. The lowest BCUT2D eigenvalue weighted by molar-refractivity contribution is 0.275. The molecule has 0 radical (unpaired) electrons. The first kappa shape index (κ1) is 11.1. The van der Waals surface area contributed by atoms with Crippen molar-refractivity contribution in [2.45, 2.75) is 13.0 Å². The fourth-order valence-electron chi connectivity index (χ4n) is 1.67. The first-order valence-corrected chi connectivity index (χ1v) is 4.96. The van der Waals surface area contributed by atoms with Crippen molar-refractivity contribution in [1.29, 1.82) is 5.26 Å². The fourth-order valence-corrected chi connectivity index (χ4v) is 1.67. The van der Waals surface area contributed by atoms with E-state index in [9.17, 15) is 9.90 Å². The van der Waals surface area contributed by atoms with Gasteiger partial charge in [0.15, 0.2) is 5.65 Å². The van der Waals surface area contributed by atoms with Crippen LogP contribution in [-0.4, -0.2) is 19.7 Å². The monoisotopic (exact) mass is 230 g/mol. The van der Waals surface area contributed by atoms with Crippen molar-refractivity contribution < 1.29 is 5.11 Å². The highest BCUT2D eigenvalue weighted by atomic mass is 16.3. The molecule has 0 atom stereocenters. The number of fused-ring (bicyclic) bond motifs is 1. The van der Waals surface area contributed by atoms with Gasteiger partial charge in [0.1, 0.15) is 11.6 Å². The van der Waals surface area contributed by atoms with Crippen molar-refractivity contribution in [3.8, 4) is 6.07 Å². The molecule has 2 heterocycles. The van der Waals surface area contributed by atoms with Crippen LogP contribution in [0.1, 0.15) is 16.8 Å². The van der Waals surface area contributed by atoms with Crippen LogP contribution in [0.5, 0.6) is 0 Å².